The zero-order valence-corrected chi connectivity index (χ0v) is 8.10. The maximum absolute atomic E-state index is 4.08. The molecule has 1 rings (SSSR count). The fraction of sp³-hybridized carbons (Fsp3) is 0.143. The maximum Gasteiger partial charge on any atom is 0.0181 e. The summed E-state index contributed by atoms with van der Waals surface area (Å²) in [5.41, 5.74) is 0. The Kier molecular flexibility index (Phi) is 3.52. The van der Waals surface area contributed by atoms with E-state index in [1.807, 2.05) is 0 Å². The van der Waals surface area contributed by atoms with Crippen molar-refractivity contribution in [1.29, 1.82) is 0 Å². The molecule has 1 aromatic rings. The minimum Gasteiger partial charge on any atom is -0.130 e. The van der Waals surface area contributed by atoms with E-state index >= 15 is 0 Å². The van der Waals surface area contributed by atoms with Crippen molar-refractivity contribution in [3.63, 3.8) is 0 Å². The van der Waals surface area contributed by atoms with E-state index in [0.29, 0.717) is 0 Å². The number of thiol groups is 1. The smallest absolute Gasteiger partial charge is 0.0181 e. The van der Waals surface area contributed by atoms with Crippen molar-refractivity contribution < 1.29 is 0 Å². The Balaban J connectivity index is 2.80. The van der Waals surface area contributed by atoms with E-state index in [-0.39, 0.29) is 0 Å². The summed E-state index contributed by atoms with van der Waals surface area (Å²) in [5, 5.41) is 0. The fourth-order valence-electron chi connectivity index (χ4n) is 0.637. The third-order valence-electron chi connectivity index (χ3n) is 1.16. The Bertz CT molecular complexity index is 170. The number of rotatable bonds is 2. The fourth-order valence-corrected chi connectivity index (χ4v) is 1.67. The van der Waals surface area contributed by atoms with Gasteiger partial charge in [-0.2, -0.15) is 0 Å². The molecular weight excluding hydrogens is 180 g/mol. The largest absolute Gasteiger partial charge is 0.130 e. The van der Waals surface area contributed by atoms with Crippen LogP contribution in [0.4, 0.5) is 0 Å². The molecule has 0 heterocycles. The standard InChI is InChI=1S/C7H8S3/c1-9-6-2-4-7(10-8)5-3-6/h2-5,8H,1H3. The van der Waals surface area contributed by atoms with Crippen LogP contribution in [0.3, 0.4) is 0 Å². The Morgan fingerprint density at radius 2 is 1.60 bits per heavy atom. The first kappa shape index (κ1) is 8.37. The minimum atomic E-state index is 1.20. The Hall–Kier alpha value is 0.270. The van der Waals surface area contributed by atoms with Gasteiger partial charge in [-0.15, -0.1) is 23.4 Å². The summed E-state index contributed by atoms with van der Waals surface area (Å²) in [7, 11) is 1.47. The third-order valence-corrected chi connectivity index (χ3v) is 3.02. The molecule has 0 aromatic heterocycles. The van der Waals surface area contributed by atoms with Gasteiger partial charge in [0.05, 0.1) is 0 Å². The van der Waals surface area contributed by atoms with E-state index in [0.717, 1.165) is 0 Å². The molecule has 1 aromatic carbocycles. The predicted octanol–water partition coefficient (Wildman–Crippen LogP) is 3.35. The second-order valence-electron chi connectivity index (χ2n) is 1.77. The molecule has 0 amide bonds. The van der Waals surface area contributed by atoms with Gasteiger partial charge in [-0.3, -0.25) is 0 Å². The van der Waals surface area contributed by atoms with Gasteiger partial charge in [0.25, 0.3) is 0 Å². The van der Waals surface area contributed by atoms with E-state index in [4.69, 9.17) is 0 Å². The van der Waals surface area contributed by atoms with E-state index in [1.54, 1.807) is 11.8 Å². The maximum atomic E-state index is 4.08. The minimum absolute atomic E-state index is 1.20. The van der Waals surface area contributed by atoms with Gasteiger partial charge in [0, 0.05) is 9.79 Å². The Morgan fingerprint density at radius 1 is 1.10 bits per heavy atom. The average molecular weight is 188 g/mol. The Labute approximate surface area is 74.6 Å². The Morgan fingerprint density at radius 3 is 2.00 bits per heavy atom. The number of thioether (sulfide) groups is 1. The first-order chi connectivity index (χ1) is 4.86. The lowest BCUT2D eigenvalue weighted by Crippen LogP contribution is -1.68. The van der Waals surface area contributed by atoms with Crippen molar-refractivity contribution in [2.75, 3.05) is 6.26 Å². The molecule has 0 aliphatic carbocycles. The van der Waals surface area contributed by atoms with Gasteiger partial charge in [-0.25, -0.2) is 0 Å². The summed E-state index contributed by atoms with van der Waals surface area (Å²) in [4.78, 5) is 2.49. The summed E-state index contributed by atoms with van der Waals surface area (Å²) in [6.07, 6.45) is 2.07. The molecular formula is C7H8S3. The predicted molar refractivity (Wildman–Crippen MR) is 53.1 cm³/mol. The second kappa shape index (κ2) is 4.21. The topological polar surface area (TPSA) is 0 Å². The quantitative estimate of drug-likeness (QED) is 0.429. The van der Waals surface area contributed by atoms with Crippen LogP contribution in [0.2, 0.25) is 0 Å². The van der Waals surface area contributed by atoms with Crippen LogP contribution in [0.5, 0.6) is 0 Å². The van der Waals surface area contributed by atoms with Gasteiger partial charge in [0.2, 0.25) is 0 Å². The average Bonchev–Trinajstić information content (AvgIpc) is 2.05. The molecule has 0 atom stereocenters. The number of hydrogen-bond donors (Lipinski definition) is 1. The molecule has 0 N–H and O–H groups in total. The zero-order chi connectivity index (χ0) is 7.40. The molecule has 0 saturated heterocycles. The summed E-state index contributed by atoms with van der Waals surface area (Å²) >= 11 is 5.84. The van der Waals surface area contributed by atoms with Crippen LogP contribution in [-0.4, -0.2) is 6.26 Å². The van der Waals surface area contributed by atoms with Crippen molar-refractivity contribution >= 4 is 34.2 Å². The molecule has 0 radical (unpaired) electrons. The molecule has 0 bridgehead atoms. The van der Waals surface area contributed by atoms with Crippen molar-refractivity contribution in [1.82, 2.24) is 0 Å². The number of benzene rings is 1. The van der Waals surface area contributed by atoms with Crippen LogP contribution < -0.4 is 0 Å². The SMILES string of the molecule is CSc1ccc(SS)cc1. The lowest BCUT2D eigenvalue weighted by molar-refractivity contribution is 1.36. The van der Waals surface area contributed by atoms with Crippen LogP contribution >= 0.6 is 34.2 Å². The van der Waals surface area contributed by atoms with Crippen molar-refractivity contribution in [3.8, 4) is 0 Å². The molecule has 0 aliphatic rings. The van der Waals surface area contributed by atoms with Crippen LogP contribution in [0, 0.1) is 0 Å². The molecule has 10 heavy (non-hydrogen) atoms. The molecule has 0 aliphatic heterocycles. The summed E-state index contributed by atoms with van der Waals surface area (Å²) in [5.74, 6) is 0. The zero-order valence-electron chi connectivity index (χ0n) is 5.57. The summed E-state index contributed by atoms with van der Waals surface area (Å²) < 4.78 is 0. The van der Waals surface area contributed by atoms with Crippen molar-refractivity contribution in [3.05, 3.63) is 24.3 Å². The highest BCUT2D eigenvalue weighted by molar-refractivity contribution is 8.68. The van der Waals surface area contributed by atoms with Gasteiger partial charge in [0.1, 0.15) is 0 Å². The number of hydrogen-bond acceptors (Lipinski definition) is 3. The first-order valence-corrected chi connectivity index (χ1v) is 5.91. The van der Waals surface area contributed by atoms with Crippen LogP contribution in [-0.2, 0) is 0 Å². The van der Waals surface area contributed by atoms with Gasteiger partial charge < -0.3 is 0 Å². The molecule has 0 saturated carbocycles. The van der Waals surface area contributed by atoms with E-state index in [1.165, 1.54) is 20.6 Å². The molecule has 54 valence electrons. The van der Waals surface area contributed by atoms with Crippen molar-refractivity contribution in [2.24, 2.45) is 0 Å². The third kappa shape index (κ3) is 2.15. The molecule has 3 heteroatoms. The lowest BCUT2D eigenvalue weighted by Gasteiger charge is -1.96. The van der Waals surface area contributed by atoms with Gasteiger partial charge in [-0.1, -0.05) is 10.8 Å². The monoisotopic (exact) mass is 188 g/mol. The van der Waals surface area contributed by atoms with Crippen LogP contribution in [0.25, 0.3) is 0 Å². The highest BCUT2D eigenvalue weighted by atomic mass is 33.1. The van der Waals surface area contributed by atoms with E-state index in [9.17, 15) is 0 Å². The lowest BCUT2D eigenvalue weighted by atomic mass is 10.4. The molecule has 0 unspecified atom stereocenters. The van der Waals surface area contributed by atoms with Crippen LogP contribution in [0.1, 0.15) is 0 Å². The normalized spacial score (nSPS) is 9.80. The molecule has 0 fully saturated rings. The molecule has 0 nitrogen and oxygen atoms in total. The van der Waals surface area contributed by atoms with Crippen LogP contribution in [0.15, 0.2) is 34.1 Å². The highest BCUT2D eigenvalue weighted by Gasteiger charge is 1.89. The van der Waals surface area contributed by atoms with E-state index < -0.39 is 0 Å². The van der Waals surface area contributed by atoms with Gasteiger partial charge in [0.15, 0.2) is 0 Å². The summed E-state index contributed by atoms with van der Waals surface area (Å²) in [6.45, 7) is 0. The summed E-state index contributed by atoms with van der Waals surface area (Å²) in [6, 6.07) is 8.35. The van der Waals surface area contributed by atoms with Gasteiger partial charge >= 0.3 is 0 Å². The van der Waals surface area contributed by atoms with E-state index in [2.05, 4.69) is 42.2 Å². The second-order valence-corrected chi connectivity index (χ2v) is 3.85. The first-order valence-electron chi connectivity index (χ1n) is 2.82. The molecule has 0 spiro atoms. The van der Waals surface area contributed by atoms with Gasteiger partial charge in [-0.05, 0) is 30.5 Å². The van der Waals surface area contributed by atoms with Crippen molar-refractivity contribution in [2.45, 2.75) is 9.79 Å². The highest BCUT2D eigenvalue weighted by Crippen LogP contribution is 2.23.